The molecule has 2 atom stereocenters. The van der Waals surface area contributed by atoms with Crippen molar-refractivity contribution in [1.29, 1.82) is 0 Å². The van der Waals surface area contributed by atoms with E-state index in [2.05, 4.69) is 5.32 Å². The Morgan fingerprint density at radius 3 is 2.44 bits per heavy atom. The van der Waals surface area contributed by atoms with E-state index in [-0.39, 0.29) is 5.91 Å². The molecular weight excluding hydrogens is 202 g/mol. The van der Waals surface area contributed by atoms with Gasteiger partial charge in [0.1, 0.15) is 0 Å². The molecule has 3 heteroatoms. The van der Waals surface area contributed by atoms with Crippen molar-refractivity contribution in [3.63, 3.8) is 0 Å². The summed E-state index contributed by atoms with van der Waals surface area (Å²) in [6.45, 7) is 0.474. The second-order valence-electron chi connectivity index (χ2n) is 5.93. The standard InChI is InChI=1S/C13H21NO2/c15-12(11-9-4-3-5-10(9)11)14-8-13(16)6-1-2-7-13/h9-11,16H,1-8H2,(H,14,15). The van der Waals surface area contributed by atoms with Crippen LogP contribution in [0.25, 0.3) is 0 Å². The van der Waals surface area contributed by atoms with Gasteiger partial charge in [-0.1, -0.05) is 19.3 Å². The van der Waals surface area contributed by atoms with Crippen LogP contribution >= 0.6 is 0 Å². The summed E-state index contributed by atoms with van der Waals surface area (Å²) in [5, 5.41) is 13.1. The van der Waals surface area contributed by atoms with Crippen LogP contribution in [0.2, 0.25) is 0 Å². The smallest absolute Gasteiger partial charge is 0.223 e. The zero-order valence-electron chi connectivity index (χ0n) is 9.74. The minimum atomic E-state index is -0.598. The number of carbonyl (C=O) groups is 1. The van der Waals surface area contributed by atoms with Crippen LogP contribution in [0, 0.1) is 17.8 Å². The minimum absolute atomic E-state index is 0.204. The zero-order valence-corrected chi connectivity index (χ0v) is 9.74. The quantitative estimate of drug-likeness (QED) is 0.761. The number of carbonyl (C=O) groups excluding carboxylic acids is 1. The van der Waals surface area contributed by atoms with Crippen LogP contribution in [0.5, 0.6) is 0 Å². The molecule has 0 heterocycles. The molecule has 90 valence electrons. The summed E-state index contributed by atoms with van der Waals surface area (Å²) in [7, 11) is 0. The lowest BCUT2D eigenvalue weighted by atomic mass is 10.0. The van der Waals surface area contributed by atoms with Crippen LogP contribution in [0.1, 0.15) is 44.9 Å². The van der Waals surface area contributed by atoms with E-state index in [9.17, 15) is 9.90 Å². The normalized spacial score (nSPS) is 39.4. The van der Waals surface area contributed by atoms with Crippen molar-refractivity contribution in [2.75, 3.05) is 6.54 Å². The number of aliphatic hydroxyl groups is 1. The molecule has 0 radical (unpaired) electrons. The van der Waals surface area contributed by atoms with Crippen LogP contribution in [-0.2, 0) is 4.79 Å². The molecule has 16 heavy (non-hydrogen) atoms. The number of hydrogen-bond donors (Lipinski definition) is 2. The fourth-order valence-electron chi connectivity index (χ4n) is 3.79. The van der Waals surface area contributed by atoms with E-state index in [4.69, 9.17) is 0 Å². The molecule has 3 rings (SSSR count). The Kier molecular flexibility index (Phi) is 2.46. The summed E-state index contributed by atoms with van der Waals surface area (Å²) in [6, 6.07) is 0. The average Bonchev–Trinajstić information content (AvgIpc) is 2.70. The maximum Gasteiger partial charge on any atom is 0.223 e. The first-order chi connectivity index (χ1) is 7.70. The zero-order chi connectivity index (χ0) is 11.2. The molecule has 0 bridgehead atoms. The molecule has 0 spiro atoms. The SMILES string of the molecule is O=C(NCC1(O)CCCC1)C1C2CCCC21. The van der Waals surface area contributed by atoms with Gasteiger partial charge >= 0.3 is 0 Å². The van der Waals surface area contributed by atoms with Gasteiger partial charge in [0.25, 0.3) is 0 Å². The Morgan fingerprint density at radius 2 is 1.81 bits per heavy atom. The van der Waals surface area contributed by atoms with E-state index in [1.54, 1.807) is 0 Å². The number of amides is 1. The van der Waals surface area contributed by atoms with Gasteiger partial charge in [-0.2, -0.15) is 0 Å². The molecule has 3 aliphatic carbocycles. The molecular formula is C13H21NO2. The Hall–Kier alpha value is -0.570. The van der Waals surface area contributed by atoms with Gasteiger partial charge in [0.2, 0.25) is 5.91 Å². The molecule has 0 aromatic carbocycles. The van der Waals surface area contributed by atoms with E-state index in [1.165, 1.54) is 19.3 Å². The fraction of sp³-hybridized carbons (Fsp3) is 0.923. The fourth-order valence-corrected chi connectivity index (χ4v) is 3.79. The third-order valence-corrected chi connectivity index (χ3v) is 4.84. The highest BCUT2D eigenvalue weighted by Crippen LogP contribution is 2.57. The second kappa shape index (κ2) is 3.73. The van der Waals surface area contributed by atoms with E-state index in [1.807, 2.05) is 0 Å². The largest absolute Gasteiger partial charge is 0.388 e. The molecule has 3 aliphatic rings. The van der Waals surface area contributed by atoms with Crippen molar-refractivity contribution in [1.82, 2.24) is 5.32 Å². The Labute approximate surface area is 96.6 Å². The molecule has 0 saturated heterocycles. The maximum atomic E-state index is 11.9. The lowest BCUT2D eigenvalue weighted by molar-refractivity contribution is -0.124. The van der Waals surface area contributed by atoms with Gasteiger partial charge in [0.05, 0.1) is 5.60 Å². The van der Waals surface area contributed by atoms with Gasteiger partial charge < -0.3 is 10.4 Å². The van der Waals surface area contributed by atoms with Crippen molar-refractivity contribution >= 4 is 5.91 Å². The summed E-state index contributed by atoms with van der Waals surface area (Å²) in [4.78, 5) is 11.9. The van der Waals surface area contributed by atoms with Gasteiger partial charge in [-0.25, -0.2) is 0 Å². The van der Waals surface area contributed by atoms with Gasteiger partial charge in [-0.3, -0.25) is 4.79 Å². The number of nitrogens with one attached hydrogen (secondary N) is 1. The second-order valence-corrected chi connectivity index (χ2v) is 5.93. The van der Waals surface area contributed by atoms with Crippen LogP contribution in [0.3, 0.4) is 0 Å². The van der Waals surface area contributed by atoms with Gasteiger partial charge in [-0.05, 0) is 37.5 Å². The number of fused-ring (bicyclic) bond motifs is 1. The first-order valence-corrected chi connectivity index (χ1v) is 6.70. The van der Waals surface area contributed by atoms with E-state index in [0.717, 1.165) is 25.7 Å². The van der Waals surface area contributed by atoms with Crippen molar-refractivity contribution in [2.24, 2.45) is 17.8 Å². The first-order valence-electron chi connectivity index (χ1n) is 6.70. The number of hydrogen-bond acceptors (Lipinski definition) is 2. The Balaban J connectivity index is 1.47. The monoisotopic (exact) mass is 223 g/mol. The molecule has 0 aromatic rings. The molecule has 0 aliphatic heterocycles. The summed E-state index contributed by atoms with van der Waals surface area (Å²) in [5.74, 6) is 1.85. The highest BCUT2D eigenvalue weighted by molar-refractivity contribution is 5.82. The van der Waals surface area contributed by atoms with Crippen LogP contribution in [-0.4, -0.2) is 23.2 Å². The predicted molar refractivity (Wildman–Crippen MR) is 60.7 cm³/mol. The van der Waals surface area contributed by atoms with Crippen LogP contribution < -0.4 is 5.32 Å². The van der Waals surface area contributed by atoms with Crippen LogP contribution in [0.4, 0.5) is 0 Å². The Bertz CT molecular complexity index is 286. The van der Waals surface area contributed by atoms with Crippen molar-refractivity contribution in [3.8, 4) is 0 Å². The average molecular weight is 223 g/mol. The van der Waals surface area contributed by atoms with Gasteiger partial charge in [-0.15, -0.1) is 0 Å². The van der Waals surface area contributed by atoms with E-state index in [0.29, 0.717) is 24.3 Å². The predicted octanol–water partition coefficient (Wildman–Crippen LogP) is 1.45. The summed E-state index contributed by atoms with van der Waals surface area (Å²) in [5.41, 5.74) is -0.598. The Morgan fingerprint density at radius 1 is 1.19 bits per heavy atom. The third-order valence-electron chi connectivity index (χ3n) is 4.84. The molecule has 2 unspecified atom stereocenters. The van der Waals surface area contributed by atoms with Crippen molar-refractivity contribution in [2.45, 2.75) is 50.5 Å². The molecule has 2 N–H and O–H groups in total. The number of rotatable bonds is 3. The maximum absolute atomic E-state index is 11.9. The van der Waals surface area contributed by atoms with Crippen LogP contribution in [0.15, 0.2) is 0 Å². The van der Waals surface area contributed by atoms with E-state index >= 15 is 0 Å². The van der Waals surface area contributed by atoms with Crippen molar-refractivity contribution < 1.29 is 9.90 Å². The lowest BCUT2D eigenvalue weighted by Crippen LogP contribution is -2.41. The third kappa shape index (κ3) is 1.75. The molecule has 0 aromatic heterocycles. The highest BCUT2D eigenvalue weighted by atomic mass is 16.3. The molecule has 1 amide bonds. The van der Waals surface area contributed by atoms with E-state index < -0.39 is 5.60 Å². The topological polar surface area (TPSA) is 49.3 Å². The first kappa shape index (κ1) is 10.6. The molecule has 3 fully saturated rings. The summed E-state index contributed by atoms with van der Waals surface area (Å²) >= 11 is 0. The summed E-state index contributed by atoms with van der Waals surface area (Å²) in [6.07, 6.45) is 7.70. The molecule has 3 saturated carbocycles. The minimum Gasteiger partial charge on any atom is -0.388 e. The van der Waals surface area contributed by atoms with Crippen molar-refractivity contribution in [3.05, 3.63) is 0 Å². The lowest BCUT2D eigenvalue weighted by Gasteiger charge is -2.22. The van der Waals surface area contributed by atoms with Gasteiger partial charge in [0.15, 0.2) is 0 Å². The molecule has 3 nitrogen and oxygen atoms in total. The van der Waals surface area contributed by atoms with Gasteiger partial charge in [0, 0.05) is 12.5 Å². The highest BCUT2D eigenvalue weighted by Gasteiger charge is 2.56. The summed E-state index contributed by atoms with van der Waals surface area (Å²) < 4.78 is 0.